The summed E-state index contributed by atoms with van der Waals surface area (Å²) in [6.45, 7) is 9.42. The molecule has 0 unspecified atom stereocenters. The third-order valence-corrected chi connectivity index (χ3v) is 3.11. The summed E-state index contributed by atoms with van der Waals surface area (Å²) in [6, 6.07) is -0.118. The monoisotopic (exact) mass is 325 g/mol. The number of carbonyl (C=O) groups excluding carboxylic acids is 2. The Morgan fingerprint density at radius 2 is 1.96 bits per heavy atom. The normalized spacial score (nSPS) is 15.9. The van der Waals surface area contributed by atoms with E-state index in [1.54, 1.807) is 6.92 Å². The molecule has 1 aliphatic carbocycles. The second kappa shape index (κ2) is 8.60. The molecule has 1 N–H and O–H groups in total. The Hall–Kier alpha value is -1.98. The van der Waals surface area contributed by atoms with E-state index in [-0.39, 0.29) is 18.6 Å². The summed E-state index contributed by atoms with van der Waals surface area (Å²) in [5.74, 6) is 0.370. The Bertz CT molecular complexity index is 488. The number of esters is 1. The van der Waals surface area contributed by atoms with Crippen LogP contribution in [0.4, 0.5) is 4.79 Å². The Labute approximate surface area is 137 Å². The quantitative estimate of drug-likeness (QED) is 0.760. The summed E-state index contributed by atoms with van der Waals surface area (Å²) in [4.78, 5) is 23.0. The van der Waals surface area contributed by atoms with E-state index in [9.17, 15) is 9.59 Å². The Morgan fingerprint density at radius 3 is 2.48 bits per heavy atom. The van der Waals surface area contributed by atoms with Gasteiger partial charge in [0.15, 0.2) is 6.61 Å². The molecule has 1 aliphatic rings. The van der Waals surface area contributed by atoms with E-state index < -0.39 is 11.7 Å². The fourth-order valence-corrected chi connectivity index (χ4v) is 2.05. The van der Waals surface area contributed by atoms with Crippen LogP contribution in [0.2, 0.25) is 0 Å². The van der Waals surface area contributed by atoms with Gasteiger partial charge in [0.05, 0.1) is 18.4 Å². The standard InChI is InChI=1S/C17H27NO5/c1-6-21-15(19)11-22-14-9-7-13(8-10-14)12(2)18-16(20)23-17(3,4)5/h7,9,12H,6,8,10-11H2,1-5H3,(H,18,20)/t12-/m1/s1. The first-order valence-electron chi connectivity index (χ1n) is 7.89. The van der Waals surface area contributed by atoms with Gasteiger partial charge in [-0.2, -0.15) is 0 Å². The highest BCUT2D eigenvalue weighted by molar-refractivity contribution is 5.70. The van der Waals surface area contributed by atoms with Gasteiger partial charge in [-0.1, -0.05) is 6.08 Å². The number of hydrogen-bond donors (Lipinski definition) is 1. The zero-order valence-electron chi connectivity index (χ0n) is 14.6. The molecule has 1 atom stereocenters. The second-order valence-electron chi connectivity index (χ2n) is 6.34. The molecule has 0 spiro atoms. The predicted molar refractivity (Wildman–Crippen MR) is 86.8 cm³/mol. The highest BCUT2D eigenvalue weighted by Gasteiger charge is 2.20. The maximum Gasteiger partial charge on any atom is 0.408 e. The number of amides is 1. The van der Waals surface area contributed by atoms with Gasteiger partial charge in [-0.3, -0.25) is 0 Å². The van der Waals surface area contributed by atoms with Gasteiger partial charge in [0, 0.05) is 6.42 Å². The second-order valence-corrected chi connectivity index (χ2v) is 6.34. The zero-order valence-corrected chi connectivity index (χ0v) is 14.6. The summed E-state index contributed by atoms with van der Waals surface area (Å²) in [6.07, 6.45) is 4.74. The molecule has 0 aromatic carbocycles. The minimum absolute atomic E-state index is 0.0748. The van der Waals surface area contributed by atoms with Gasteiger partial charge in [0.1, 0.15) is 5.60 Å². The van der Waals surface area contributed by atoms with Crippen molar-refractivity contribution in [3.8, 4) is 0 Å². The number of carbonyl (C=O) groups is 2. The average Bonchev–Trinajstić information content (AvgIpc) is 2.44. The Kier molecular flexibility index (Phi) is 7.13. The minimum Gasteiger partial charge on any atom is -0.486 e. The van der Waals surface area contributed by atoms with E-state index >= 15 is 0 Å². The molecule has 1 amide bonds. The van der Waals surface area contributed by atoms with Crippen molar-refractivity contribution in [2.45, 2.75) is 59.1 Å². The molecule has 0 aromatic rings. The SMILES string of the molecule is CCOC(=O)COC1=CC=C([C@@H](C)NC(=O)OC(C)(C)C)CC1. The van der Waals surface area contributed by atoms with Crippen LogP contribution in [0.25, 0.3) is 0 Å². The van der Waals surface area contributed by atoms with E-state index in [1.165, 1.54) is 0 Å². The lowest BCUT2D eigenvalue weighted by Gasteiger charge is -2.24. The van der Waals surface area contributed by atoms with Crippen molar-refractivity contribution in [3.63, 3.8) is 0 Å². The van der Waals surface area contributed by atoms with Crippen molar-refractivity contribution < 1.29 is 23.8 Å². The smallest absolute Gasteiger partial charge is 0.408 e. The van der Waals surface area contributed by atoms with Gasteiger partial charge in [-0.25, -0.2) is 9.59 Å². The van der Waals surface area contributed by atoms with Crippen molar-refractivity contribution in [3.05, 3.63) is 23.5 Å². The van der Waals surface area contributed by atoms with Gasteiger partial charge in [-0.15, -0.1) is 0 Å². The van der Waals surface area contributed by atoms with Gasteiger partial charge < -0.3 is 19.5 Å². The summed E-state index contributed by atoms with van der Waals surface area (Å²) in [5.41, 5.74) is 0.568. The molecule has 6 nitrogen and oxygen atoms in total. The summed E-state index contributed by atoms with van der Waals surface area (Å²) in [7, 11) is 0. The van der Waals surface area contributed by atoms with Gasteiger partial charge in [0.25, 0.3) is 0 Å². The molecular formula is C17H27NO5. The molecule has 6 heteroatoms. The molecule has 0 radical (unpaired) electrons. The lowest BCUT2D eigenvalue weighted by molar-refractivity contribution is -0.147. The molecule has 130 valence electrons. The molecule has 23 heavy (non-hydrogen) atoms. The van der Waals surface area contributed by atoms with E-state index in [4.69, 9.17) is 14.2 Å². The number of ether oxygens (including phenoxy) is 3. The maximum atomic E-state index is 11.8. The highest BCUT2D eigenvalue weighted by Crippen LogP contribution is 2.22. The van der Waals surface area contributed by atoms with Gasteiger partial charge in [-0.05, 0) is 52.7 Å². The summed E-state index contributed by atoms with van der Waals surface area (Å²) >= 11 is 0. The molecular weight excluding hydrogens is 298 g/mol. The van der Waals surface area contributed by atoms with Crippen molar-refractivity contribution in [2.24, 2.45) is 0 Å². The van der Waals surface area contributed by atoms with Crippen LogP contribution in [-0.2, 0) is 19.0 Å². The summed E-state index contributed by atoms with van der Waals surface area (Å²) < 4.78 is 15.4. The third kappa shape index (κ3) is 7.72. The predicted octanol–water partition coefficient (Wildman–Crippen LogP) is 3.08. The van der Waals surface area contributed by atoms with Crippen molar-refractivity contribution in [1.29, 1.82) is 0 Å². The van der Waals surface area contributed by atoms with Gasteiger partial charge >= 0.3 is 12.1 Å². The fourth-order valence-electron chi connectivity index (χ4n) is 2.05. The molecule has 1 rings (SSSR count). The first-order valence-corrected chi connectivity index (χ1v) is 7.89. The van der Waals surface area contributed by atoms with Crippen LogP contribution in [0.1, 0.15) is 47.5 Å². The lowest BCUT2D eigenvalue weighted by atomic mass is 9.98. The molecule has 0 fully saturated rings. The average molecular weight is 325 g/mol. The molecule has 0 aliphatic heterocycles. The van der Waals surface area contributed by atoms with Crippen LogP contribution < -0.4 is 5.32 Å². The maximum absolute atomic E-state index is 11.8. The first-order chi connectivity index (χ1) is 10.7. The molecule has 0 saturated heterocycles. The number of nitrogens with one attached hydrogen (secondary N) is 1. The number of allylic oxidation sites excluding steroid dienone is 3. The van der Waals surface area contributed by atoms with E-state index in [2.05, 4.69) is 5.32 Å². The Morgan fingerprint density at radius 1 is 1.26 bits per heavy atom. The van der Waals surface area contributed by atoms with Crippen molar-refractivity contribution in [2.75, 3.05) is 13.2 Å². The van der Waals surface area contributed by atoms with E-state index in [0.29, 0.717) is 13.0 Å². The number of rotatable bonds is 6. The molecule has 0 bridgehead atoms. The number of alkyl carbamates (subject to hydrolysis) is 1. The van der Waals surface area contributed by atoms with Crippen LogP contribution in [0.3, 0.4) is 0 Å². The largest absolute Gasteiger partial charge is 0.486 e. The molecule has 0 saturated carbocycles. The van der Waals surface area contributed by atoms with Gasteiger partial charge in [0.2, 0.25) is 0 Å². The van der Waals surface area contributed by atoms with Crippen molar-refractivity contribution in [1.82, 2.24) is 5.32 Å². The van der Waals surface area contributed by atoms with Crippen LogP contribution >= 0.6 is 0 Å². The van der Waals surface area contributed by atoms with Crippen LogP contribution in [0.15, 0.2) is 23.5 Å². The highest BCUT2D eigenvalue weighted by atomic mass is 16.6. The minimum atomic E-state index is -0.515. The third-order valence-electron chi connectivity index (χ3n) is 3.11. The molecule has 0 heterocycles. The zero-order chi connectivity index (χ0) is 17.5. The fraction of sp³-hybridized carbons (Fsp3) is 0.647. The van der Waals surface area contributed by atoms with Crippen LogP contribution in [0.5, 0.6) is 0 Å². The van der Waals surface area contributed by atoms with Crippen LogP contribution in [0, 0.1) is 0 Å². The van der Waals surface area contributed by atoms with E-state index in [1.807, 2.05) is 39.8 Å². The first kappa shape index (κ1) is 19.1. The van der Waals surface area contributed by atoms with Crippen molar-refractivity contribution >= 4 is 12.1 Å². The Balaban J connectivity index is 2.47. The lowest BCUT2D eigenvalue weighted by Crippen LogP contribution is -2.38. The number of hydrogen-bond acceptors (Lipinski definition) is 5. The van der Waals surface area contributed by atoms with Crippen LogP contribution in [-0.4, -0.2) is 36.9 Å². The van der Waals surface area contributed by atoms with E-state index in [0.717, 1.165) is 17.8 Å². The topological polar surface area (TPSA) is 73.9 Å². The summed E-state index contributed by atoms with van der Waals surface area (Å²) in [5, 5.41) is 2.81. The molecule has 0 aromatic heterocycles.